The fourth-order valence-corrected chi connectivity index (χ4v) is 1.69. The van der Waals surface area contributed by atoms with Crippen LogP contribution in [0.1, 0.15) is 0 Å². The zero-order chi connectivity index (χ0) is 14.5. The highest BCUT2D eigenvalue weighted by atomic mass is 19.1. The number of hydrogen-bond donors (Lipinski definition) is 2. The van der Waals surface area contributed by atoms with Crippen molar-refractivity contribution < 1.29 is 23.8 Å². The Morgan fingerprint density at radius 2 is 2.15 bits per heavy atom. The fraction of sp³-hybridized carbons (Fsp3) is 0.154. The Morgan fingerprint density at radius 3 is 2.90 bits per heavy atom. The minimum absolute atomic E-state index is 0.284. The third-order valence-electron chi connectivity index (χ3n) is 2.45. The van der Waals surface area contributed by atoms with Crippen LogP contribution in [-0.4, -0.2) is 35.2 Å². The van der Waals surface area contributed by atoms with Crippen LogP contribution in [0.4, 0.5) is 10.1 Å². The van der Waals surface area contributed by atoms with Crippen molar-refractivity contribution in [2.45, 2.75) is 0 Å². The van der Waals surface area contributed by atoms with E-state index < -0.39 is 30.9 Å². The van der Waals surface area contributed by atoms with Gasteiger partial charge in [0.05, 0.1) is 5.69 Å². The third-order valence-corrected chi connectivity index (χ3v) is 2.45. The summed E-state index contributed by atoms with van der Waals surface area (Å²) in [6, 6.07) is 4.12. The van der Waals surface area contributed by atoms with Crippen molar-refractivity contribution in [1.29, 1.82) is 0 Å². The maximum Gasteiger partial charge on any atom is 0.329 e. The lowest BCUT2D eigenvalue weighted by Gasteiger charge is -2.09. The number of aromatic nitrogens is 1. The number of halogens is 1. The van der Waals surface area contributed by atoms with Gasteiger partial charge in [-0.05, 0) is 18.2 Å². The van der Waals surface area contributed by atoms with Crippen LogP contribution in [0.25, 0.3) is 10.8 Å². The quantitative estimate of drug-likeness (QED) is 0.863. The van der Waals surface area contributed by atoms with E-state index in [4.69, 9.17) is 5.11 Å². The molecule has 6 nitrogen and oxygen atoms in total. The van der Waals surface area contributed by atoms with Gasteiger partial charge < -0.3 is 15.2 Å². The van der Waals surface area contributed by atoms with Gasteiger partial charge in [-0.15, -0.1) is 0 Å². The molecule has 104 valence electrons. The number of benzene rings is 1. The number of anilines is 1. The summed E-state index contributed by atoms with van der Waals surface area (Å²) >= 11 is 0. The van der Waals surface area contributed by atoms with Gasteiger partial charge in [0.1, 0.15) is 19.0 Å². The first-order valence-corrected chi connectivity index (χ1v) is 5.69. The fourth-order valence-electron chi connectivity index (χ4n) is 1.69. The van der Waals surface area contributed by atoms with Gasteiger partial charge in [-0.25, -0.2) is 9.18 Å². The molecule has 0 spiro atoms. The summed E-state index contributed by atoms with van der Waals surface area (Å²) in [7, 11) is 0. The van der Waals surface area contributed by atoms with Gasteiger partial charge in [-0.2, -0.15) is 0 Å². The number of nitrogens with one attached hydrogen (secondary N) is 1. The van der Waals surface area contributed by atoms with Gasteiger partial charge in [0, 0.05) is 23.2 Å². The van der Waals surface area contributed by atoms with Gasteiger partial charge in [0.2, 0.25) is 5.91 Å². The lowest BCUT2D eigenvalue weighted by atomic mass is 10.1. The van der Waals surface area contributed by atoms with Crippen LogP contribution in [0.2, 0.25) is 0 Å². The molecule has 2 N–H and O–H groups in total. The number of aliphatic carboxylic acids is 1. The molecular formula is C13H11FN2O4. The number of amides is 1. The first kappa shape index (κ1) is 13.9. The van der Waals surface area contributed by atoms with Gasteiger partial charge in [-0.3, -0.25) is 9.78 Å². The van der Waals surface area contributed by atoms with Crippen molar-refractivity contribution in [3.63, 3.8) is 0 Å². The SMILES string of the molecule is O=C(O)COCC(=O)Nc1cc(F)cc2cnccc12. The number of fused-ring (bicyclic) bond motifs is 1. The average molecular weight is 278 g/mol. The maximum absolute atomic E-state index is 13.4. The van der Waals surface area contributed by atoms with E-state index in [1.54, 1.807) is 6.07 Å². The van der Waals surface area contributed by atoms with Gasteiger partial charge >= 0.3 is 5.97 Å². The molecule has 2 aromatic rings. The van der Waals surface area contributed by atoms with E-state index in [1.165, 1.54) is 24.5 Å². The Labute approximate surface area is 113 Å². The molecule has 0 bridgehead atoms. The summed E-state index contributed by atoms with van der Waals surface area (Å²) in [6.07, 6.45) is 3.01. The van der Waals surface area contributed by atoms with Crippen molar-refractivity contribution in [2.75, 3.05) is 18.5 Å². The summed E-state index contributed by atoms with van der Waals surface area (Å²) in [4.78, 5) is 25.7. The molecule has 0 atom stereocenters. The number of nitrogens with zero attached hydrogens (tertiary/aromatic N) is 1. The summed E-state index contributed by atoms with van der Waals surface area (Å²) in [5.41, 5.74) is 0.284. The smallest absolute Gasteiger partial charge is 0.329 e. The van der Waals surface area contributed by atoms with Crippen molar-refractivity contribution >= 4 is 28.3 Å². The molecule has 7 heteroatoms. The summed E-state index contributed by atoms with van der Waals surface area (Å²) < 4.78 is 18.1. The predicted octanol–water partition coefficient (Wildman–Crippen LogP) is 1.41. The number of carboxylic acid groups (broad SMARTS) is 1. The molecule has 0 aliphatic rings. The molecule has 20 heavy (non-hydrogen) atoms. The number of pyridine rings is 1. The van der Waals surface area contributed by atoms with Crippen molar-refractivity contribution in [3.8, 4) is 0 Å². The van der Waals surface area contributed by atoms with Gasteiger partial charge in [0.25, 0.3) is 0 Å². The van der Waals surface area contributed by atoms with Crippen LogP contribution in [0.5, 0.6) is 0 Å². The molecule has 0 unspecified atom stereocenters. The second kappa shape index (κ2) is 6.07. The summed E-state index contributed by atoms with van der Waals surface area (Å²) in [5.74, 6) is -2.23. The van der Waals surface area contributed by atoms with Crippen LogP contribution in [0, 0.1) is 5.82 Å². The first-order chi connectivity index (χ1) is 9.56. The average Bonchev–Trinajstić information content (AvgIpc) is 2.38. The number of hydrogen-bond acceptors (Lipinski definition) is 4. The van der Waals surface area contributed by atoms with Crippen LogP contribution < -0.4 is 5.32 Å². The molecule has 0 radical (unpaired) electrons. The Morgan fingerprint density at radius 1 is 1.35 bits per heavy atom. The number of carbonyl (C=O) groups excluding carboxylic acids is 1. The second-order valence-electron chi connectivity index (χ2n) is 3.98. The number of carbonyl (C=O) groups is 2. The monoisotopic (exact) mass is 278 g/mol. The molecule has 1 aromatic carbocycles. The van der Waals surface area contributed by atoms with Gasteiger partial charge in [-0.1, -0.05) is 0 Å². The van der Waals surface area contributed by atoms with Crippen molar-refractivity contribution in [1.82, 2.24) is 4.98 Å². The van der Waals surface area contributed by atoms with Crippen LogP contribution in [-0.2, 0) is 14.3 Å². The lowest BCUT2D eigenvalue weighted by Crippen LogP contribution is -2.20. The largest absolute Gasteiger partial charge is 0.480 e. The highest BCUT2D eigenvalue weighted by Crippen LogP contribution is 2.24. The van der Waals surface area contributed by atoms with Crippen molar-refractivity contribution in [3.05, 3.63) is 36.4 Å². The first-order valence-electron chi connectivity index (χ1n) is 5.69. The number of rotatable bonds is 5. The van der Waals surface area contributed by atoms with E-state index in [0.29, 0.717) is 10.8 Å². The zero-order valence-corrected chi connectivity index (χ0v) is 10.3. The molecule has 2 rings (SSSR count). The maximum atomic E-state index is 13.4. The summed E-state index contributed by atoms with van der Waals surface area (Å²) in [5, 5.41) is 12.0. The molecule has 0 aliphatic heterocycles. The van der Waals surface area contributed by atoms with E-state index in [9.17, 15) is 14.0 Å². The Balaban J connectivity index is 2.13. The Bertz CT molecular complexity index is 660. The predicted molar refractivity (Wildman–Crippen MR) is 68.8 cm³/mol. The molecule has 1 amide bonds. The minimum Gasteiger partial charge on any atom is -0.480 e. The highest BCUT2D eigenvalue weighted by Gasteiger charge is 2.09. The van der Waals surface area contributed by atoms with E-state index in [0.717, 1.165) is 0 Å². The van der Waals surface area contributed by atoms with Crippen LogP contribution >= 0.6 is 0 Å². The van der Waals surface area contributed by atoms with Gasteiger partial charge in [0.15, 0.2) is 0 Å². The molecule has 0 fully saturated rings. The van der Waals surface area contributed by atoms with E-state index in [1.807, 2.05) is 0 Å². The van der Waals surface area contributed by atoms with Crippen LogP contribution in [0.3, 0.4) is 0 Å². The van der Waals surface area contributed by atoms with E-state index >= 15 is 0 Å². The Kier molecular flexibility index (Phi) is 4.21. The summed E-state index contributed by atoms with van der Waals surface area (Å²) in [6.45, 7) is -0.989. The molecule has 0 saturated carbocycles. The minimum atomic E-state index is -1.17. The topological polar surface area (TPSA) is 88.5 Å². The standard InChI is InChI=1S/C13H11FN2O4/c14-9-3-8-5-15-2-1-10(8)11(4-9)16-12(17)6-20-7-13(18)19/h1-5H,6-7H2,(H,16,17)(H,18,19). The second-order valence-corrected chi connectivity index (χ2v) is 3.98. The van der Waals surface area contributed by atoms with E-state index in [2.05, 4.69) is 15.0 Å². The third kappa shape index (κ3) is 3.48. The van der Waals surface area contributed by atoms with E-state index in [-0.39, 0.29) is 5.69 Å². The van der Waals surface area contributed by atoms with Crippen molar-refractivity contribution in [2.24, 2.45) is 0 Å². The Hall–Kier alpha value is -2.54. The highest BCUT2D eigenvalue weighted by molar-refractivity contribution is 6.02. The normalized spacial score (nSPS) is 10.4. The molecular weight excluding hydrogens is 267 g/mol. The molecule has 0 saturated heterocycles. The molecule has 0 aliphatic carbocycles. The molecule has 1 heterocycles. The molecule has 1 aromatic heterocycles. The zero-order valence-electron chi connectivity index (χ0n) is 10.3. The number of carboxylic acids is 1. The lowest BCUT2D eigenvalue weighted by molar-refractivity contribution is -0.143. The number of ether oxygens (including phenoxy) is 1. The van der Waals surface area contributed by atoms with Crippen LogP contribution in [0.15, 0.2) is 30.6 Å².